The molecule has 0 aromatic carbocycles. The van der Waals surface area contributed by atoms with Crippen molar-refractivity contribution < 1.29 is 0 Å². The maximum Gasteiger partial charge on any atom is 0.135 e. The molecule has 0 amide bonds. The number of hydrogen-bond donors (Lipinski definition) is 2. The van der Waals surface area contributed by atoms with Gasteiger partial charge in [0.25, 0.3) is 0 Å². The summed E-state index contributed by atoms with van der Waals surface area (Å²) in [4.78, 5) is 5.43. The largest absolute Gasteiger partial charge is 0.383 e. The van der Waals surface area contributed by atoms with Crippen molar-refractivity contribution >= 4 is 17.2 Å². The topological polar surface area (TPSA) is 62.8 Å². The lowest BCUT2D eigenvalue weighted by Crippen LogP contribution is -2.19. The van der Waals surface area contributed by atoms with Crippen molar-refractivity contribution in [1.82, 2.24) is 4.98 Å². The van der Waals surface area contributed by atoms with Gasteiger partial charge >= 0.3 is 0 Å². The van der Waals surface area contributed by atoms with Crippen molar-refractivity contribution in [3.8, 4) is 0 Å². The Morgan fingerprint density at radius 3 is 2.20 bits per heavy atom. The summed E-state index contributed by atoms with van der Waals surface area (Å²) in [6.07, 6.45) is 0. The molecule has 0 aliphatic carbocycles. The van der Waals surface area contributed by atoms with Crippen molar-refractivity contribution in [3.05, 3.63) is 15.6 Å². The maximum atomic E-state index is 7.56. The Bertz CT molecular complexity index is 372. The first kappa shape index (κ1) is 12.2. The quantitative estimate of drug-likeness (QED) is 0.600. The number of amidine groups is 1. The van der Waals surface area contributed by atoms with Gasteiger partial charge in [0.2, 0.25) is 0 Å². The van der Waals surface area contributed by atoms with Crippen LogP contribution in [-0.4, -0.2) is 10.8 Å². The number of thiazole rings is 1. The Kier molecular flexibility index (Phi) is 3.19. The molecule has 0 spiro atoms. The number of aromatic nitrogens is 1. The summed E-state index contributed by atoms with van der Waals surface area (Å²) >= 11 is 1.54. The molecule has 84 valence electrons. The van der Waals surface area contributed by atoms with Gasteiger partial charge in [-0.25, -0.2) is 4.98 Å². The van der Waals surface area contributed by atoms with Gasteiger partial charge in [-0.1, -0.05) is 34.6 Å². The monoisotopic (exact) mass is 225 g/mol. The number of nitrogens with two attached hydrogens (primary N) is 1. The molecule has 0 radical (unpaired) electrons. The predicted molar refractivity (Wildman–Crippen MR) is 65.9 cm³/mol. The van der Waals surface area contributed by atoms with Crippen LogP contribution in [0, 0.1) is 5.41 Å². The van der Waals surface area contributed by atoms with E-state index >= 15 is 0 Å². The van der Waals surface area contributed by atoms with E-state index in [1.807, 2.05) is 0 Å². The molecule has 0 saturated heterocycles. The summed E-state index contributed by atoms with van der Waals surface area (Å²) in [6, 6.07) is 0. The molecule has 4 heteroatoms. The molecule has 1 aromatic heterocycles. The standard InChI is InChI=1S/C11H19N3S/c1-6(2)10-14-8(11(3,4)5)7(15-10)9(12)13/h6H,1-5H3,(H3,12,13). The lowest BCUT2D eigenvalue weighted by Gasteiger charge is -2.17. The highest BCUT2D eigenvalue weighted by Crippen LogP contribution is 2.32. The van der Waals surface area contributed by atoms with E-state index in [1.54, 1.807) is 11.3 Å². The van der Waals surface area contributed by atoms with E-state index in [-0.39, 0.29) is 11.3 Å². The Balaban J connectivity index is 3.30. The third kappa shape index (κ3) is 2.56. The van der Waals surface area contributed by atoms with Crippen molar-refractivity contribution in [2.75, 3.05) is 0 Å². The van der Waals surface area contributed by atoms with Gasteiger partial charge in [0.1, 0.15) is 5.84 Å². The Morgan fingerprint density at radius 2 is 1.93 bits per heavy atom. The average Bonchev–Trinajstić information content (AvgIpc) is 2.45. The van der Waals surface area contributed by atoms with Crippen molar-refractivity contribution in [2.24, 2.45) is 5.73 Å². The average molecular weight is 225 g/mol. The third-order valence-electron chi connectivity index (χ3n) is 2.09. The lowest BCUT2D eigenvalue weighted by molar-refractivity contribution is 0.568. The Labute approximate surface area is 95.2 Å². The van der Waals surface area contributed by atoms with Gasteiger partial charge in [0, 0.05) is 11.3 Å². The van der Waals surface area contributed by atoms with E-state index in [2.05, 4.69) is 39.6 Å². The molecule has 0 unspecified atom stereocenters. The van der Waals surface area contributed by atoms with Gasteiger partial charge in [0.15, 0.2) is 0 Å². The normalized spacial score (nSPS) is 12.1. The molecule has 0 aliphatic rings. The first-order valence-electron chi connectivity index (χ1n) is 5.09. The number of hydrogen-bond acceptors (Lipinski definition) is 3. The Hall–Kier alpha value is -0.900. The van der Waals surface area contributed by atoms with E-state index in [1.165, 1.54) is 0 Å². The van der Waals surface area contributed by atoms with E-state index in [0.29, 0.717) is 5.92 Å². The van der Waals surface area contributed by atoms with Crippen molar-refractivity contribution in [3.63, 3.8) is 0 Å². The fraction of sp³-hybridized carbons (Fsp3) is 0.636. The minimum atomic E-state index is -0.0509. The minimum absolute atomic E-state index is 0.0509. The molecule has 3 N–H and O–H groups in total. The second-order valence-corrected chi connectivity index (χ2v) is 6.08. The van der Waals surface area contributed by atoms with Crippen LogP contribution in [0.5, 0.6) is 0 Å². The zero-order valence-electron chi connectivity index (χ0n) is 10.0. The predicted octanol–water partition coefficient (Wildman–Crippen LogP) is 2.85. The van der Waals surface area contributed by atoms with Crippen LogP contribution in [0.3, 0.4) is 0 Å². The fourth-order valence-corrected chi connectivity index (χ4v) is 2.41. The van der Waals surface area contributed by atoms with E-state index in [4.69, 9.17) is 11.1 Å². The fourth-order valence-electron chi connectivity index (χ4n) is 1.27. The molecule has 15 heavy (non-hydrogen) atoms. The minimum Gasteiger partial charge on any atom is -0.383 e. The molecule has 0 fully saturated rings. The molecular weight excluding hydrogens is 206 g/mol. The second-order valence-electron chi connectivity index (χ2n) is 5.05. The van der Waals surface area contributed by atoms with Crippen LogP contribution in [0.25, 0.3) is 0 Å². The van der Waals surface area contributed by atoms with Crippen molar-refractivity contribution in [2.45, 2.75) is 46.0 Å². The maximum absolute atomic E-state index is 7.56. The third-order valence-corrected chi connectivity index (χ3v) is 3.48. The first-order valence-corrected chi connectivity index (χ1v) is 5.90. The summed E-state index contributed by atoms with van der Waals surface area (Å²) in [5.41, 5.74) is 6.48. The molecule has 1 rings (SSSR count). The first-order chi connectivity index (χ1) is 6.73. The van der Waals surface area contributed by atoms with E-state index in [0.717, 1.165) is 15.6 Å². The van der Waals surface area contributed by atoms with Crippen LogP contribution in [0.2, 0.25) is 0 Å². The summed E-state index contributed by atoms with van der Waals surface area (Å²) < 4.78 is 0. The van der Waals surface area contributed by atoms with Crippen molar-refractivity contribution in [1.29, 1.82) is 5.41 Å². The van der Waals surface area contributed by atoms with Crippen LogP contribution in [0.15, 0.2) is 0 Å². The highest BCUT2D eigenvalue weighted by molar-refractivity contribution is 7.14. The van der Waals surface area contributed by atoms with Crippen LogP contribution in [-0.2, 0) is 5.41 Å². The number of nitrogens with zero attached hydrogens (tertiary/aromatic N) is 1. The Morgan fingerprint density at radius 1 is 1.40 bits per heavy atom. The smallest absolute Gasteiger partial charge is 0.135 e. The van der Waals surface area contributed by atoms with Crippen LogP contribution >= 0.6 is 11.3 Å². The van der Waals surface area contributed by atoms with Gasteiger partial charge in [-0.05, 0) is 0 Å². The van der Waals surface area contributed by atoms with Gasteiger partial charge in [0.05, 0.1) is 15.6 Å². The van der Waals surface area contributed by atoms with Gasteiger partial charge in [-0.3, -0.25) is 5.41 Å². The highest BCUT2D eigenvalue weighted by Gasteiger charge is 2.25. The second kappa shape index (κ2) is 3.93. The molecule has 1 aromatic rings. The van der Waals surface area contributed by atoms with E-state index < -0.39 is 0 Å². The molecule has 0 bridgehead atoms. The van der Waals surface area contributed by atoms with Crippen LogP contribution in [0.4, 0.5) is 0 Å². The zero-order valence-corrected chi connectivity index (χ0v) is 10.8. The van der Waals surface area contributed by atoms with Gasteiger partial charge < -0.3 is 5.73 Å². The van der Waals surface area contributed by atoms with E-state index in [9.17, 15) is 0 Å². The molecule has 0 atom stereocenters. The molecule has 0 saturated carbocycles. The molecular formula is C11H19N3S. The van der Waals surface area contributed by atoms with Gasteiger partial charge in [-0.15, -0.1) is 11.3 Å². The number of rotatable bonds is 2. The number of nitrogen functional groups attached to an aromatic ring is 1. The SMILES string of the molecule is CC(C)c1nc(C(C)(C)C)c(C(=N)N)s1. The van der Waals surface area contributed by atoms with Crippen LogP contribution < -0.4 is 5.73 Å². The van der Waals surface area contributed by atoms with Gasteiger partial charge in [-0.2, -0.15) is 0 Å². The van der Waals surface area contributed by atoms with Crippen LogP contribution in [0.1, 0.15) is 56.1 Å². The summed E-state index contributed by atoms with van der Waals surface area (Å²) in [5.74, 6) is 0.522. The molecule has 1 heterocycles. The molecule has 0 aliphatic heterocycles. The summed E-state index contributed by atoms with van der Waals surface area (Å²) in [7, 11) is 0. The summed E-state index contributed by atoms with van der Waals surface area (Å²) in [5, 5.41) is 8.62. The lowest BCUT2D eigenvalue weighted by atomic mass is 9.91. The highest BCUT2D eigenvalue weighted by atomic mass is 32.1. The molecule has 3 nitrogen and oxygen atoms in total. The zero-order chi connectivity index (χ0) is 11.8. The summed E-state index contributed by atoms with van der Waals surface area (Å²) in [6.45, 7) is 10.5. The number of nitrogens with one attached hydrogen (secondary N) is 1.